The third-order valence-electron chi connectivity index (χ3n) is 3.38. The van der Waals surface area contributed by atoms with Gasteiger partial charge in [-0.1, -0.05) is 26.0 Å². The molecule has 0 aliphatic rings. The molecule has 0 fully saturated rings. The average molecular weight is 399 g/mol. The van der Waals surface area contributed by atoms with E-state index in [0.717, 1.165) is 19.4 Å². The molecule has 108 valence electrons. The topological polar surface area (TPSA) is 12.0 Å². The number of thiophene rings is 1. The van der Waals surface area contributed by atoms with Gasteiger partial charge in [-0.25, -0.2) is 0 Å². The average Bonchev–Trinajstić information content (AvgIpc) is 2.92. The highest BCUT2D eigenvalue weighted by Crippen LogP contribution is 2.25. The molecule has 1 aromatic carbocycles. The van der Waals surface area contributed by atoms with Crippen molar-refractivity contribution < 1.29 is 0 Å². The first kappa shape index (κ1) is 16.0. The minimum atomic E-state index is 0.426. The maximum Gasteiger partial charge on any atom is 0.0368 e. The lowest BCUT2D eigenvalue weighted by molar-refractivity contribution is 0.532. The normalized spacial score (nSPS) is 12.6. The van der Waals surface area contributed by atoms with Gasteiger partial charge in [0, 0.05) is 25.8 Å². The highest BCUT2D eigenvalue weighted by molar-refractivity contribution is 14.1. The van der Waals surface area contributed by atoms with Crippen molar-refractivity contribution in [2.24, 2.45) is 0 Å². The van der Waals surface area contributed by atoms with Crippen LogP contribution in [0.15, 0.2) is 36.4 Å². The third kappa shape index (κ3) is 4.57. The monoisotopic (exact) mass is 399 g/mol. The van der Waals surface area contributed by atoms with Gasteiger partial charge in [-0.05, 0) is 71.8 Å². The maximum atomic E-state index is 3.69. The van der Waals surface area contributed by atoms with Crippen molar-refractivity contribution in [3.05, 3.63) is 55.3 Å². The fraction of sp³-hybridized carbons (Fsp3) is 0.412. The van der Waals surface area contributed by atoms with Crippen LogP contribution >= 0.6 is 33.9 Å². The van der Waals surface area contributed by atoms with E-state index >= 15 is 0 Å². The summed E-state index contributed by atoms with van der Waals surface area (Å²) in [6, 6.07) is 13.9. The van der Waals surface area contributed by atoms with Gasteiger partial charge in [-0.3, -0.25) is 0 Å². The van der Waals surface area contributed by atoms with E-state index in [9.17, 15) is 0 Å². The van der Waals surface area contributed by atoms with Gasteiger partial charge < -0.3 is 5.32 Å². The van der Waals surface area contributed by atoms with Gasteiger partial charge in [0.1, 0.15) is 0 Å². The van der Waals surface area contributed by atoms with Crippen LogP contribution in [0, 0.1) is 3.57 Å². The Bertz CT molecular complexity index is 518. The summed E-state index contributed by atoms with van der Waals surface area (Å²) in [6.45, 7) is 5.52. The molecule has 0 saturated carbocycles. The van der Waals surface area contributed by atoms with Crippen LogP contribution in [0.1, 0.15) is 41.6 Å². The second-order valence-corrected chi connectivity index (χ2v) is 7.48. The zero-order chi connectivity index (χ0) is 14.4. The molecule has 3 heteroatoms. The molecular formula is C17H22INS. The molecule has 1 heterocycles. The standard InChI is InChI=1S/C17H22INS/c1-3-11-19-17(13-5-7-14(18)8-6-13)12-16-10-9-15(4-2)20-16/h5-10,17,19H,3-4,11-12H2,1-2H3. The molecule has 0 aliphatic carbocycles. The number of rotatable bonds is 7. The third-order valence-corrected chi connectivity index (χ3v) is 5.36. The van der Waals surface area contributed by atoms with Crippen LogP contribution in [-0.4, -0.2) is 6.54 Å². The van der Waals surface area contributed by atoms with Gasteiger partial charge in [-0.15, -0.1) is 11.3 Å². The van der Waals surface area contributed by atoms with E-state index in [2.05, 4.69) is 78.2 Å². The Kier molecular flexibility index (Phi) is 6.52. The van der Waals surface area contributed by atoms with Crippen LogP contribution < -0.4 is 5.32 Å². The maximum absolute atomic E-state index is 3.69. The molecule has 0 saturated heterocycles. The molecule has 1 unspecified atom stereocenters. The molecule has 0 amide bonds. The Morgan fingerprint density at radius 3 is 2.35 bits per heavy atom. The van der Waals surface area contributed by atoms with Gasteiger partial charge in [0.15, 0.2) is 0 Å². The first-order valence-corrected chi connectivity index (χ1v) is 9.18. The quantitative estimate of drug-likeness (QED) is 0.632. The molecule has 2 aromatic rings. The Balaban J connectivity index is 2.12. The summed E-state index contributed by atoms with van der Waals surface area (Å²) < 4.78 is 1.30. The summed E-state index contributed by atoms with van der Waals surface area (Å²) in [5, 5.41) is 3.69. The van der Waals surface area contributed by atoms with E-state index in [0.29, 0.717) is 6.04 Å². The number of hydrogen-bond acceptors (Lipinski definition) is 2. The van der Waals surface area contributed by atoms with Gasteiger partial charge in [0.25, 0.3) is 0 Å². The van der Waals surface area contributed by atoms with Gasteiger partial charge in [-0.2, -0.15) is 0 Å². The molecule has 1 atom stereocenters. The largest absolute Gasteiger partial charge is 0.310 e. The van der Waals surface area contributed by atoms with Gasteiger partial charge in [0.05, 0.1) is 0 Å². The van der Waals surface area contributed by atoms with Crippen LogP contribution in [0.5, 0.6) is 0 Å². The van der Waals surface area contributed by atoms with E-state index in [1.165, 1.54) is 25.3 Å². The van der Waals surface area contributed by atoms with Crippen molar-refractivity contribution in [3.63, 3.8) is 0 Å². The minimum Gasteiger partial charge on any atom is -0.310 e. The summed E-state index contributed by atoms with van der Waals surface area (Å²) in [7, 11) is 0. The van der Waals surface area contributed by atoms with Crippen molar-refractivity contribution in [2.75, 3.05) is 6.54 Å². The number of aryl methyl sites for hydroxylation is 1. The molecule has 1 N–H and O–H groups in total. The number of nitrogens with one attached hydrogen (secondary N) is 1. The molecule has 0 bridgehead atoms. The Labute approximate surface area is 139 Å². The van der Waals surface area contributed by atoms with Gasteiger partial charge in [0.2, 0.25) is 0 Å². The molecule has 1 nitrogen and oxygen atoms in total. The minimum absolute atomic E-state index is 0.426. The van der Waals surface area contributed by atoms with E-state index in [1.54, 1.807) is 0 Å². The highest BCUT2D eigenvalue weighted by Gasteiger charge is 2.12. The van der Waals surface area contributed by atoms with Crippen LogP contribution in [0.25, 0.3) is 0 Å². The zero-order valence-corrected chi connectivity index (χ0v) is 15.1. The Morgan fingerprint density at radius 2 is 1.75 bits per heavy atom. The lowest BCUT2D eigenvalue weighted by Crippen LogP contribution is -2.23. The molecule has 0 radical (unpaired) electrons. The lowest BCUT2D eigenvalue weighted by atomic mass is 10.0. The predicted octanol–water partition coefficient (Wildman–Crippen LogP) is 5.20. The van der Waals surface area contributed by atoms with Crippen molar-refractivity contribution in [1.82, 2.24) is 5.32 Å². The fourth-order valence-corrected chi connectivity index (χ4v) is 3.61. The smallest absolute Gasteiger partial charge is 0.0368 e. The van der Waals surface area contributed by atoms with Crippen molar-refractivity contribution in [2.45, 2.75) is 39.2 Å². The summed E-state index contributed by atoms with van der Waals surface area (Å²) in [6.07, 6.45) is 3.40. The summed E-state index contributed by atoms with van der Waals surface area (Å²) in [5.41, 5.74) is 1.39. The number of halogens is 1. The summed E-state index contributed by atoms with van der Waals surface area (Å²) in [5.74, 6) is 0. The Hall–Kier alpha value is -0.390. The van der Waals surface area contributed by atoms with Crippen LogP contribution in [0.2, 0.25) is 0 Å². The second-order valence-electron chi connectivity index (χ2n) is 4.98. The van der Waals surface area contributed by atoms with Crippen molar-refractivity contribution in [3.8, 4) is 0 Å². The number of hydrogen-bond donors (Lipinski definition) is 1. The van der Waals surface area contributed by atoms with Crippen LogP contribution in [-0.2, 0) is 12.8 Å². The molecular weight excluding hydrogens is 377 g/mol. The molecule has 1 aromatic heterocycles. The first-order valence-electron chi connectivity index (χ1n) is 7.29. The molecule has 0 aliphatic heterocycles. The molecule has 2 rings (SSSR count). The van der Waals surface area contributed by atoms with E-state index < -0.39 is 0 Å². The van der Waals surface area contributed by atoms with Crippen molar-refractivity contribution >= 4 is 33.9 Å². The SMILES string of the molecule is CCCNC(Cc1ccc(CC)s1)c1ccc(I)cc1. The summed E-state index contributed by atoms with van der Waals surface area (Å²) >= 11 is 4.31. The molecule has 20 heavy (non-hydrogen) atoms. The Morgan fingerprint density at radius 1 is 1.05 bits per heavy atom. The van der Waals surface area contributed by atoms with Crippen LogP contribution in [0.3, 0.4) is 0 Å². The van der Waals surface area contributed by atoms with Crippen molar-refractivity contribution in [1.29, 1.82) is 0 Å². The summed E-state index contributed by atoms with van der Waals surface area (Å²) in [4.78, 5) is 2.96. The predicted molar refractivity (Wildman–Crippen MR) is 97.6 cm³/mol. The van der Waals surface area contributed by atoms with Crippen LogP contribution in [0.4, 0.5) is 0 Å². The first-order chi connectivity index (χ1) is 9.72. The lowest BCUT2D eigenvalue weighted by Gasteiger charge is -2.18. The van der Waals surface area contributed by atoms with E-state index in [1.807, 2.05) is 11.3 Å². The zero-order valence-electron chi connectivity index (χ0n) is 12.2. The molecule has 0 spiro atoms. The van der Waals surface area contributed by atoms with Gasteiger partial charge >= 0.3 is 0 Å². The van der Waals surface area contributed by atoms with E-state index in [4.69, 9.17) is 0 Å². The second kappa shape index (κ2) is 8.15. The number of benzene rings is 1. The van der Waals surface area contributed by atoms with E-state index in [-0.39, 0.29) is 0 Å². The highest BCUT2D eigenvalue weighted by atomic mass is 127. The fourth-order valence-electron chi connectivity index (χ4n) is 2.24.